The maximum Gasteiger partial charge on any atom is 0.134 e. The van der Waals surface area contributed by atoms with E-state index in [2.05, 4.69) is 37.3 Å². The highest BCUT2D eigenvalue weighted by atomic mass is 16.5. The Morgan fingerprint density at radius 3 is 1.96 bits per heavy atom. The highest BCUT2D eigenvalue weighted by molar-refractivity contribution is 6.11. The molecule has 0 heterocycles. The monoisotopic (exact) mass is 308 g/mol. The summed E-state index contributed by atoms with van der Waals surface area (Å²) in [6.45, 7) is 2.24. The Morgan fingerprint density at radius 2 is 1.35 bits per heavy atom. The Bertz CT molecular complexity index is 821. The number of hydrogen-bond acceptors (Lipinski definition) is 2. The van der Waals surface area contributed by atoms with Gasteiger partial charge in [-0.2, -0.15) is 0 Å². The van der Waals surface area contributed by atoms with Crippen molar-refractivity contribution in [2.24, 2.45) is 0 Å². The first-order valence-electron chi connectivity index (χ1n) is 8.35. The predicted molar refractivity (Wildman–Crippen MR) is 97.8 cm³/mol. The lowest BCUT2D eigenvalue weighted by atomic mass is 9.97. The Balaban J connectivity index is 2.23. The fraction of sp³-hybridized carbons (Fsp3) is 0.333. The van der Waals surface area contributed by atoms with Crippen molar-refractivity contribution in [3.63, 3.8) is 0 Å². The summed E-state index contributed by atoms with van der Waals surface area (Å²) >= 11 is 0. The number of aryl methyl sites for hydroxylation is 1. The first kappa shape index (κ1) is 15.7. The molecule has 23 heavy (non-hydrogen) atoms. The van der Waals surface area contributed by atoms with E-state index < -0.39 is 0 Å². The first-order valence-corrected chi connectivity index (χ1v) is 8.35. The van der Waals surface area contributed by atoms with Crippen LogP contribution in [-0.2, 0) is 6.42 Å². The lowest BCUT2D eigenvalue weighted by Crippen LogP contribution is -1.94. The normalized spacial score (nSPS) is 11.1. The number of rotatable bonds is 6. The second-order valence-corrected chi connectivity index (χ2v) is 5.95. The molecule has 0 fully saturated rings. The number of hydrogen-bond donors (Lipinski definition) is 0. The molecule has 3 aromatic rings. The van der Waals surface area contributed by atoms with Gasteiger partial charge in [-0.15, -0.1) is 0 Å². The van der Waals surface area contributed by atoms with Gasteiger partial charge in [-0.1, -0.05) is 56.2 Å². The molecule has 2 heteroatoms. The summed E-state index contributed by atoms with van der Waals surface area (Å²) in [6, 6.07) is 14.9. The van der Waals surface area contributed by atoms with E-state index in [1.165, 1.54) is 24.8 Å². The third-order valence-electron chi connectivity index (χ3n) is 4.47. The molecule has 0 aliphatic carbocycles. The summed E-state index contributed by atoms with van der Waals surface area (Å²) in [7, 11) is 3.49. The van der Waals surface area contributed by atoms with Crippen molar-refractivity contribution in [3.05, 3.63) is 48.0 Å². The van der Waals surface area contributed by atoms with Crippen LogP contribution in [0.1, 0.15) is 31.7 Å². The molecule has 3 aromatic carbocycles. The van der Waals surface area contributed by atoms with Gasteiger partial charge in [0.1, 0.15) is 11.5 Å². The molecule has 0 aliphatic rings. The average Bonchev–Trinajstić information content (AvgIpc) is 2.59. The van der Waals surface area contributed by atoms with Crippen LogP contribution in [0.25, 0.3) is 21.5 Å². The van der Waals surface area contributed by atoms with Crippen molar-refractivity contribution < 1.29 is 9.47 Å². The first-order chi connectivity index (χ1) is 11.3. The summed E-state index contributed by atoms with van der Waals surface area (Å²) in [5.41, 5.74) is 1.36. The summed E-state index contributed by atoms with van der Waals surface area (Å²) < 4.78 is 11.5. The standard InChI is InChI=1S/C21H24O2/c1-4-5-6-9-15-12-13-18-19(14-15)21(23-3)17-11-8-7-10-16(17)20(18)22-2/h7-8,10-14H,4-6,9H2,1-3H3. The molecule has 2 nitrogen and oxygen atoms in total. The van der Waals surface area contributed by atoms with E-state index in [9.17, 15) is 0 Å². The van der Waals surface area contributed by atoms with Gasteiger partial charge < -0.3 is 9.47 Å². The van der Waals surface area contributed by atoms with Gasteiger partial charge in [0, 0.05) is 21.5 Å². The van der Waals surface area contributed by atoms with Crippen molar-refractivity contribution in [2.75, 3.05) is 14.2 Å². The highest BCUT2D eigenvalue weighted by Crippen LogP contribution is 2.42. The SMILES string of the molecule is CCCCCc1ccc2c(OC)c3ccccc3c(OC)c2c1. The molecule has 0 aromatic heterocycles. The number of fused-ring (bicyclic) bond motifs is 2. The van der Waals surface area contributed by atoms with Crippen molar-refractivity contribution >= 4 is 21.5 Å². The smallest absolute Gasteiger partial charge is 0.134 e. The fourth-order valence-corrected chi connectivity index (χ4v) is 3.32. The lowest BCUT2D eigenvalue weighted by molar-refractivity contribution is 0.417. The Morgan fingerprint density at radius 1 is 0.739 bits per heavy atom. The molecule has 0 bridgehead atoms. The van der Waals surface area contributed by atoms with Crippen LogP contribution in [0.15, 0.2) is 42.5 Å². The molecule has 0 amide bonds. The molecule has 0 N–H and O–H groups in total. The third-order valence-corrected chi connectivity index (χ3v) is 4.47. The van der Waals surface area contributed by atoms with Crippen molar-refractivity contribution in [2.45, 2.75) is 32.6 Å². The van der Waals surface area contributed by atoms with Crippen LogP contribution < -0.4 is 9.47 Å². The molecule has 0 spiro atoms. The van der Waals surface area contributed by atoms with Gasteiger partial charge in [0.25, 0.3) is 0 Å². The van der Waals surface area contributed by atoms with Crippen LogP contribution >= 0.6 is 0 Å². The minimum absolute atomic E-state index is 0.927. The lowest BCUT2D eigenvalue weighted by Gasteiger charge is -2.15. The number of benzene rings is 3. The zero-order chi connectivity index (χ0) is 16.2. The molecule has 0 saturated carbocycles. The number of methoxy groups -OCH3 is 2. The van der Waals surface area contributed by atoms with E-state index in [0.29, 0.717) is 0 Å². The van der Waals surface area contributed by atoms with E-state index in [0.717, 1.165) is 39.5 Å². The zero-order valence-corrected chi connectivity index (χ0v) is 14.2. The van der Waals surface area contributed by atoms with Gasteiger partial charge in [0.15, 0.2) is 0 Å². The van der Waals surface area contributed by atoms with Gasteiger partial charge in [-0.05, 0) is 24.5 Å². The zero-order valence-electron chi connectivity index (χ0n) is 14.2. The van der Waals surface area contributed by atoms with Crippen LogP contribution in [0.5, 0.6) is 11.5 Å². The fourth-order valence-electron chi connectivity index (χ4n) is 3.32. The van der Waals surface area contributed by atoms with E-state index in [4.69, 9.17) is 9.47 Å². The Hall–Kier alpha value is -2.22. The van der Waals surface area contributed by atoms with Crippen LogP contribution in [0.2, 0.25) is 0 Å². The Kier molecular flexibility index (Phi) is 4.71. The molecule has 120 valence electrons. The molecule has 0 aliphatic heterocycles. The van der Waals surface area contributed by atoms with E-state index in [-0.39, 0.29) is 0 Å². The summed E-state index contributed by atoms with van der Waals surface area (Å²) in [5, 5.41) is 4.45. The van der Waals surface area contributed by atoms with Gasteiger partial charge >= 0.3 is 0 Å². The van der Waals surface area contributed by atoms with Gasteiger partial charge in [0.05, 0.1) is 14.2 Å². The second-order valence-electron chi connectivity index (χ2n) is 5.95. The maximum atomic E-state index is 5.77. The molecular formula is C21H24O2. The minimum atomic E-state index is 0.927. The average molecular weight is 308 g/mol. The quantitative estimate of drug-likeness (QED) is 0.427. The van der Waals surface area contributed by atoms with Crippen LogP contribution in [-0.4, -0.2) is 14.2 Å². The number of unbranched alkanes of at least 4 members (excludes halogenated alkanes) is 2. The maximum absolute atomic E-state index is 5.77. The molecule has 3 rings (SSSR count). The highest BCUT2D eigenvalue weighted by Gasteiger charge is 2.15. The van der Waals surface area contributed by atoms with Gasteiger partial charge in [-0.25, -0.2) is 0 Å². The van der Waals surface area contributed by atoms with Crippen molar-refractivity contribution in [3.8, 4) is 11.5 Å². The van der Waals surface area contributed by atoms with Crippen LogP contribution in [0.4, 0.5) is 0 Å². The number of ether oxygens (including phenoxy) is 2. The third kappa shape index (κ3) is 2.86. The van der Waals surface area contributed by atoms with E-state index in [1.54, 1.807) is 14.2 Å². The second kappa shape index (κ2) is 6.91. The summed E-state index contributed by atoms with van der Waals surface area (Å²) in [6.07, 6.45) is 4.86. The van der Waals surface area contributed by atoms with E-state index >= 15 is 0 Å². The summed E-state index contributed by atoms with van der Waals surface area (Å²) in [5.74, 6) is 1.87. The molecule has 0 atom stereocenters. The molecule has 0 radical (unpaired) electrons. The topological polar surface area (TPSA) is 18.5 Å². The molecule has 0 unspecified atom stereocenters. The van der Waals surface area contributed by atoms with Gasteiger partial charge in [0.2, 0.25) is 0 Å². The van der Waals surface area contributed by atoms with Gasteiger partial charge in [-0.3, -0.25) is 0 Å². The Labute approximate surface area is 138 Å². The largest absolute Gasteiger partial charge is 0.495 e. The van der Waals surface area contributed by atoms with Crippen LogP contribution in [0, 0.1) is 0 Å². The van der Waals surface area contributed by atoms with Crippen LogP contribution in [0.3, 0.4) is 0 Å². The predicted octanol–water partition coefficient (Wildman–Crippen LogP) is 5.74. The molecular weight excluding hydrogens is 284 g/mol. The molecule has 0 saturated heterocycles. The summed E-state index contributed by atoms with van der Waals surface area (Å²) in [4.78, 5) is 0. The van der Waals surface area contributed by atoms with Crippen molar-refractivity contribution in [1.29, 1.82) is 0 Å². The van der Waals surface area contributed by atoms with Crippen molar-refractivity contribution in [1.82, 2.24) is 0 Å². The minimum Gasteiger partial charge on any atom is -0.495 e. The van der Waals surface area contributed by atoms with E-state index in [1.807, 2.05) is 12.1 Å².